The van der Waals surface area contributed by atoms with Gasteiger partial charge in [0.15, 0.2) is 0 Å². The van der Waals surface area contributed by atoms with Gasteiger partial charge >= 0.3 is 5.97 Å². The Bertz CT molecular complexity index is 805. The van der Waals surface area contributed by atoms with Crippen LogP contribution in [0.25, 0.3) is 0 Å². The summed E-state index contributed by atoms with van der Waals surface area (Å²) in [7, 11) is -3.88. The van der Waals surface area contributed by atoms with Crippen molar-refractivity contribution in [2.45, 2.75) is 38.2 Å². The van der Waals surface area contributed by atoms with Crippen LogP contribution in [0, 0.1) is 17.3 Å². The van der Waals surface area contributed by atoms with Gasteiger partial charge in [0.2, 0.25) is 16.8 Å². The van der Waals surface area contributed by atoms with E-state index < -0.39 is 21.8 Å². The Morgan fingerprint density at radius 3 is 2.42 bits per heavy atom. The SMILES string of the molecule is CC1(C)CC1CNC(=O)C1CCN(S(=O)(=O)c2ccc(C(=O)O)o2)CC1. The van der Waals surface area contributed by atoms with Crippen LogP contribution in [0.1, 0.15) is 43.7 Å². The summed E-state index contributed by atoms with van der Waals surface area (Å²) < 4.78 is 31.2. The first-order valence-electron chi connectivity index (χ1n) is 8.72. The van der Waals surface area contributed by atoms with Crippen LogP contribution in [0.5, 0.6) is 0 Å². The number of piperidine rings is 1. The van der Waals surface area contributed by atoms with Gasteiger partial charge in [0, 0.05) is 25.6 Å². The maximum atomic E-state index is 12.5. The lowest BCUT2D eigenvalue weighted by Gasteiger charge is -2.29. The van der Waals surface area contributed by atoms with Crippen molar-refractivity contribution in [2.24, 2.45) is 17.3 Å². The van der Waals surface area contributed by atoms with Gasteiger partial charge in [0.05, 0.1) is 0 Å². The van der Waals surface area contributed by atoms with Crippen molar-refractivity contribution in [3.05, 3.63) is 17.9 Å². The number of carboxylic acids is 1. The molecule has 3 rings (SSSR count). The molecule has 1 saturated heterocycles. The summed E-state index contributed by atoms with van der Waals surface area (Å²) in [6, 6.07) is 2.27. The number of carbonyl (C=O) groups is 2. The third-order valence-corrected chi connectivity index (χ3v) is 7.22. The van der Waals surface area contributed by atoms with E-state index in [9.17, 15) is 18.0 Å². The number of hydrogen-bond acceptors (Lipinski definition) is 5. The van der Waals surface area contributed by atoms with Gasteiger partial charge in [-0.05, 0) is 42.7 Å². The number of furan rings is 1. The summed E-state index contributed by atoms with van der Waals surface area (Å²) >= 11 is 0. The molecule has 1 atom stereocenters. The third-order valence-electron chi connectivity index (χ3n) is 5.45. The van der Waals surface area contributed by atoms with Gasteiger partial charge in [0.25, 0.3) is 10.0 Å². The largest absolute Gasteiger partial charge is 0.475 e. The summed E-state index contributed by atoms with van der Waals surface area (Å²) in [5.41, 5.74) is 0.308. The number of sulfonamides is 1. The van der Waals surface area contributed by atoms with Crippen LogP contribution >= 0.6 is 0 Å². The molecule has 2 N–H and O–H groups in total. The molecule has 9 heteroatoms. The Kier molecular flexibility index (Phi) is 4.87. The smallest absolute Gasteiger partial charge is 0.371 e. The van der Waals surface area contributed by atoms with Crippen molar-refractivity contribution >= 4 is 21.9 Å². The lowest BCUT2D eigenvalue weighted by molar-refractivity contribution is -0.126. The van der Waals surface area contributed by atoms with E-state index in [1.54, 1.807) is 0 Å². The number of carboxylic acid groups (broad SMARTS) is 1. The summed E-state index contributed by atoms with van der Waals surface area (Å²) in [6.07, 6.45) is 1.99. The van der Waals surface area contributed by atoms with Crippen LogP contribution in [0.4, 0.5) is 0 Å². The Hall–Kier alpha value is -1.87. The number of nitrogens with zero attached hydrogens (tertiary/aromatic N) is 1. The average molecular weight is 384 g/mol. The second-order valence-electron chi connectivity index (χ2n) is 7.74. The number of rotatable bonds is 6. The zero-order chi connectivity index (χ0) is 19.1. The van der Waals surface area contributed by atoms with E-state index in [1.807, 2.05) is 0 Å². The molecule has 0 bridgehead atoms. The Morgan fingerprint density at radius 1 is 1.31 bits per heavy atom. The Labute approximate surface area is 152 Å². The number of aromatic carboxylic acids is 1. The fraction of sp³-hybridized carbons (Fsp3) is 0.647. The van der Waals surface area contributed by atoms with E-state index in [1.165, 1.54) is 4.31 Å². The van der Waals surface area contributed by atoms with E-state index in [2.05, 4.69) is 19.2 Å². The lowest BCUT2D eigenvalue weighted by atomic mass is 9.97. The average Bonchev–Trinajstić information content (AvgIpc) is 3.00. The second kappa shape index (κ2) is 6.70. The molecule has 0 aromatic carbocycles. The molecule has 1 aromatic heterocycles. The molecule has 1 aromatic rings. The standard InChI is InChI=1S/C17H24N2O6S/c1-17(2)9-12(17)10-18-15(20)11-5-7-19(8-6-11)26(23,24)14-4-3-13(25-14)16(21)22/h3-4,11-12H,5-10H2,1-2H3,(H,18,20)(H,21,22). The molecule has 0 radical (unpaired) electrons. The third kappa shape index (κ3) is 3.78. The summed E-state index contributed by atoms with van der Waals surface area (Å²) in [4.78, 5) is 23.1. The minimum atomic E-state index is -3.88. The van der Waals surface area contributed by atoms with E-state index in [0.717, 1.165) is 18.6 Å². The fourth-order valence-electron chi connectivity index (χ4n) is 3.35. The molecule has 1 amide bonds. The first-order chi connectivity index (χ1) is 12.1. The second-order valence-corrected chi connectivity index (χ2v) is 9.61. The molecule has 26 heavy (non-hydrogen) atoms. The molecule has 2 heterocycles. The molecule has 144 valence electrons. The highest BCUT2D eigenvalue weighted by atomic mass is 32.2. The van der Waals surface area contributed by atoms with Crippen LogP contribution < -0.4 is 5.32 Å². The maximum Gasteiger partial charge on any atom is 0.371 e. The summed E-state index contributed by atoms with van der Waals surface area (Å²) in [5.74, 6) is -1.43. The predicted molar refractivity (Wildman–Crippen MR) is 92.0 cm³/mol. The van der Waals surface area contributed by atoms with Gasteiger partial charge in [-0.1, -0.05) is 13.8 Å². The van der Waals surface area contributed by atoms with Gasteiger partial charge in [-0.2, -0.15) is 4.31 Å². The molecule has 2 aliphatic rings. The number of nitrogens with one attached hydrogen (secondary N) is 1. The minimum Gasteiger partial charge on any atom is -0.475 e. The van der Waals surface area contributed by atoms with Crippen LogP contribution in [-0.2, 0) is 14.8 Å². The van der Waals surface area contributed by atoms with Crippen molar-refractivity contribution < 1.29 is 27.5 Å². The Balaban J connectivity index is 1.53. The highest BCUT2D eigenvalue weighted by Crippen LogP contribution is 2.51. The van der Waals surface area contributed by atoms with Crippen LogP contribution in [0.2, 0.25) is 0 Å². The van der Waals surface area contributed by atoms with Crippen LogP contribution in [-0.4, -0.2) is 49.3 Å². The number of amides is 1. The first kappa shape index (κ1) is 18.9. The molecular weight excluding hydrogens is 360 g/mol. The maximum absolute atomic E-state index is 12.5. The minimum absolute atomic E-state index is 0.0177. The molecule has 1 aliphatic carbocycles. The molecule has 1 aliphatic heterocycles. The van der Waals surface area contributed by atoms with Crippen molar-refractivity contribution in [3.8, 4) is 0 Å². The first-order valence-corrected chi connectivity index (χ1v) is 10.2. The van der Waals surface area contributed by atoms with E-state index >= 15 is 0 Å². The van der Waals surface area contributed by atoms with Gasteiger partial charge in [-0.3, -0.25) is 4.79 Å². The Morgan fingerprint density at radius 2 is 1.92 bits per heavy atom. The number of hydrogen-bond donors (Lipinski definition) is 2. The normalized spacial score (nSPS) is 23.5. The zero-order valence-electron chi connectivity index (χ0n) is 14.9. The van der Waals surface area contributed by atoms with Crippen molar-refractivity contribution in [1.29, 1.82) is 0 Å². The van der Waals surface area contributed by atoms with E-state index in [-0.39, 0.29) is 30.0 Å². The molecule has 1 unspecified atom stereocenters. The van der Waals surface area contributed by atoms with E-state index in [4.69, 9.17) is 9.52 Å². The van der Waals surface area contributed by atoms with Crippen molar-refractivity contribution in [2.75, 3.05) is 19.6 Å². The molecular formula is C17H24N2O6S. The molecule has 2 fully saturated rings. The van der Waals surface area contributed by atoms with E-state index in [0.29, 0.717) is 30.7 Å². The molecule has 8 nitrogen and oxygen atoms in total. The van der Waals surface area contributed by atoms with Crippen LogP contribution in [0.15, 0.2) is 21.6 Å². The fourth-order valence-corrected chi connectivity index (χ4v) is 4.73. The summed E-state index contributed by atoms with van der Waals surface area (Å²) in [5, 5.41) is 11.4. The van der Waals surface area contributed by atoms with Crippen LogP contribution in [0.3, 0.4) is 0 Å². The van der Waals surface area contributed by atoms with Gasteiger partial charge in [-0.25, -0.2) is 13.2 Å². The summed E-state index contributed by atoms with van der Waals surface area (Å²) in [6.45, 7) is 5.45. The molecule has 0 spiro atoms. The zero-order valence-corrected chi connectivity index (χ0v) is 15.7. The van der Waals surface area contributed by atoms with Gasteiger partial charge < -0.3 is 14.8 Å². The van der Waals surface area contributed by atoms with Gasteiger partial charge in [-0.15, -0.1) is 0 Å². The number of carbonyl (C=O) groups excluding carboxylic acids is 1. The molecule has 1 saturated carbocycles. The monoisotopic (exact) mass is 384 g/mol. The highest BCUT2D eigenvalue weighted by molar-refractivity contribution is 7.89. The lowest BCUT2D eigenvalue weighted by Crippen LogP contribution is -2.43. The van der Waals surface area contributed by atoms with Crippen molar-refractivity contribution in [3.63, 3.8) is 0 Å². The highest BCUT2D eigenvalue weighted by Gasteiger charge is 2.45. The topological polar surface area (TPSA) is 117 Å². The van der Waals surface area contributed by atoms with Gasteiger partial charge in [0.1, 0.15) is 0 Å². The quantitative estimate of drug-likeness (QED) is 0.768. The van der Waals surface area contributed by atoms with Crippen molar-refractivity contribution in [1.82, 2.24) is 9.62 Å². The predicted octanol–water partition coefficient (Wildman–Crippen LogP) is 1.54.